The van der Waals surface area contributed by atoms with Gasteiger partial charge in [0.15, 0.2) is 0 Å². The van der Waals surface area contributed by atoms with Crippen molar-refractivity contribution in [2.75, 3.05) is 0 Å². The van der Waals surface area contributed by atoms with Gasteiger partial charge in [-0.2, -0.15) is 0 Å². The Morgan fingerprint density at radius 3 is 2.30 bits per heavy atom. The highest BCUT2D eigenvalue weighted by atomic mass is 35.9. The molecule has 0 fully saturated rings. The van der Waals surface area contributed by atoms with Crippen LogP contribution in [0.3, 0.4) is 0 Å². The Labute approximate surface area is 69.5 Å². The molecular weight excluding hydrogens is 194 g/mol. The molecular formula is C5H7Cl2O2P. The second-order valence-corrected chi connectivity index (χ2v) is 5.60. The van der Waals surface area contributed by atoms with Crippen molar-refractivity contribution in [2.24, 2.45) is 0 Å². The Hall–Kier alpha value is 0.0900. The van der Waals surface area contributed by atoms with Crippen molar-refractivity contribution in [1.82, 2.24) is 0 Å². The lowest BCUT2D eigenvalue weighted by molar-refractivity contribution is 0.444. The zero-order valence-corrected chi connectivity index (χ0v) is 7.79. The fraction of sp³-hybridized carbons (Fsp3) is 0.200. The second-order valence-electron chi connectivity index (χ2n) is 1.40. The first-order chi connectivity index (χ1) is 4.49. The Balaban J connectivity index is 4.15. The van der Waals surface area contributed by atoms with Gasteiger partial charge < -0.3 is 4.52 Å². The van der Waals surface area contributed by atoms with Crippen LogP contribution in [0.5, 0.6) is 0 Å². The molecule has 0 atom stereocenters. The zero-order valence-electron chi connectivity index (χ0n) is 5.38. The summed E-state index contributed by atoms with van der Waals surface area (Å²) in [7, 11) is 0. The van der Waals surface area contributed by atoms with E-state index in [1.54, 1.807) is 13.0 Å². The molecule has 0 aliphatic carbocycles. The van der Waals surface area contributed by atoms with Gasteiger partial charge in [0.05, 0.1) is 0 Å². The van der Waals surface area contributed by atoms with Crippen LogP contribution in [0, 0.1) is 0 Å². The van der Waals surface area contributed by atoms with Crippen LogP contribution < -0.4 is 0 Å². The summed E-state index contributed by atoms with van der Waals surface area (Å²) in [5, 5.41) is 0. The van der Waals surface area contributed by atoms with Gasteiger partial charge in [0.2, 0.25) is 0 Å². The van der Waals surface area contributed by atoms with Crippen LogP contribution in [0.2, 0.25) is 0 Å². The smallest absolute Gasteiger partial charge is 0.423 e. The van der Waals surface area contributed by atoms with Crippen LogP contribution in [0.1, 0.15) is 6.92 Å². The van der Waals surface area contributed by atoms with Crippen LogP contribution >= 0.6 is 28.6 Å². The molecule has 2 nitrogen and oxygen atoms in total. The molecule has 0 aromatic rings. The van der Waals surface area contributed by atoms with Gasteiger partial charge in [-0.3, -0.25) is 0 Å². The monoisotopic (exact) mass is 200 g/mol. The summed E-state index contributed by atoms with van der Waals surface area (Å²) in [6.07, 6.45) is -0.518. The van der Waals surface area contributed by atoms with Gasteiger partial charge in [0, 0.05) is 22.5 Å². The first kappa shape index (κ1) is 10.1. The van der Waals surface area contributed by atoms with Gasteiger partial charge in [-0.1, -0.05) is 6.58 Å². The first-order valence-electron chi connectivity index (χ1n) is 2.47. The molecule has 0 aliphatic heterocycles. The van der Waals surface area contributed by atoms with E-state index in [0.29, 0.717) is 5.76 Å². The van der Waals surface area contributed by atoms with E-state index in [2.05, 4.69) is 11.1 Å². The highest BCUT2D eigenvalue weighted by Crippen LogP contribution is 2.59. The Bertz CT molecular complexity index is 194. The van der Waals surface area contributed by atoms with Gasteiger partial charge in [-0.25, -0.2) is 4.57 Å². The SMILES string of the molecule is C=C/C(=C\C)OP(=O)(Cl)Cl. The van der Waals surface area contributed by atoms with Crippen molar-refractivity contribution < 1.29 is 9.09 Å². The minimum Gasteiger partial charge on any atom is -0.423 e. The molecule has 0 N–H and O–H groups in total. The van der Waals surface area contributed by atoms with E-state index in [1.807, 2.05) is 0 Å². The van der Waals surface area contributed by atoms with E-state index in [4.69, 9.17) is 22.5 Å². The topological polar surface area (TPSA) is 26.3 Å². The molecule has 0 heterocycles. The molecule has 0 rings (SSSR count). The van der Waals surface area contributed by atoms with Crippen LogP contribution in [-0.4, -0.2) is 0 Å². The molecule has 0 aromatic carbocycles. The first-order valence-corrected chi connectivity index (χ1v) is 5.91. The number of allylic oxidation sites excluding steroid dienone is 2. The number of rotatable bonds is 3. The standard InChI is InChI=1S/C5H7Cl2O2P/c1-3-5(4-2)9-10(6,7)8/h3-4H,1H2,2H3/b5-4+. The number of hydrogen-bond donors (Lipinski definition) is 0. The fourth-order valence-corrected chi connectivity index (χ4v) is 1.23. The molecule has 0 radical (unpaired) electrons. The normalized spacial score (nSPS) is 12.9. The molecule has 10 heavy (non-hydrogen) atoms. The lowest BCUT2D eigenvalue weighted by Crippen LogP contribution is -1.77. The maximum absolute atomic E-state index is 10.6. The van der Waals surface area contributed by atoms with Gasteiger partial charge >= 0.3 is 6.07 Å². The summed E-state index contributed by atoms with van der Waals surface area (Å²) in [5.41, 5.74) is 0. The molecule has 0 amide bonds. The Kier molecular flexibility index (Phi) is 4.11. The van der Waals surface area contributed by atoms with Crippen molar-refractivity contribution in [1.29, 1.82) is 0 Å². The van der Waals surface area contributed by atoms with Crippen LogP contribution in [-0.2, 0) is 9.09 Å². The van der Waals surface area contributed by atoms with Crippen LogP contribution in [0.4, 0.5) is 0 Å². The van der Waals surface area contributed by atoms with Crippen molar-refractivity contribution >= 4 is 28.6 Å². The van der Waals surface area contributed by atoms with Gasteiger partial charge in [0.1, 0.15) is 5.76 Å². The van der Waals surface area contributed by atoms with Crippen molar-refractivity contribution in [3.05, 3.63) is 24.5 Å². The third kappa shape index (κ3) is 4.92. The second kappa shape index (κ2) is 4.07. The predicted molar refractivity (Wildman–Crippen MR) is 44.4 cm³/mol. The lowest BCUT2D eigenvalue weighted by Gasteiger charge is -2.04. The van der Waals surface area contributed by atoms with E-state index < -0.39 is 6.07 Å². The number of hydrogen-bond acceptors (Lipinski definition) is 2. The summed E-state index contributed by atoms with van der Waals surface area (Å²) in [6, 6.07) is 0. The molecule has 0 aliphatic rings. The van der Waals surface area contributed by atoms with E-state index in [9.17, 15) is 4.57 Å². The number of halogens is 2. The average Bonchev–Trinajstić information content (AvgIpc) is 1.81. The largest absolute Gasteiger partial charge is 0.428 e. The van der Waals surface area contributed by atoms with Crippen LogP contribution in [0.15, 0.2) is 24.5 Å². The van der Waals surface area contributed by atoms with E-state index in [1.165, 1.54) is 6.08 Å². The third-order valence-corrected chi connectivity index (χ3v) is 1.53. The maximum atomic E-state index is 10.6. The predicted octanol–water partition coefficient (Wildman–Crippen LogP) is 3.68. The summed E-state index contributed by atoms with van der Waals surface area (Å²) in [5.74, 6) is 0.313. The Morgan fingerprint density at radius 2 is 2.20 bits per heavy atom. The summed E-state index contributed by atoms with van der Waals surface area (Å²) in [6.45, 7) is 5.08. The Morgan fingerprint density at radius 1 is 1.70 bits per heavy atom. The highest BCUT2D eigenvalue weighted by molar-refractivity contribution is 8.05. The molecule has 58 valence electrons. The van der Waals surface area contributed by atoms with Gasteiger partial charge in [-0.05, 0) is 19.1 Å². The summed E-state index contributed by atoms with van der Waals surface area (Å²) >= 11 is 10.2. The van der Waals surface area contributed by atoms with Crippen molar-refractivity contribution in [3.8, 4) is 0 Å². The summed E-state index contributed by atoms with van der Waals surface area (Å²) < 4.78 is 15.1. The maximum Gasteiger partial charge on any atom is 0.428 e. The molecule has 0 aromatic heterocycles. The molecule has 0 unspecified atom stereocenters. The van der Waals surface area contributed by atoms with Crippen molar-refractivity contribution in [3.63, 3.8) is 0 Å². The molecule has 5 heteroatoms. The third-order valence-electron chi connectivity index (χ3n) is 0.697. The van der Waals surface area contributed by atoms with Crippen molar-refractivity contribution in [2.45, 2.75) is 6.92 Å². The lowest BCUT2D eigenvalue weighted by atomic mass is 10.5. The molecule has 0 bridgehead atoms. The molecule has 0 saturated heterocycles. The average molecular weight is 201 g/mol. The molecule has 0 saturated carbocycles. The minimum absolute atomic E-state index is 0.313. The minimum atomic E-state index is -3.45. The molecule has 0 spiro atoms. The van der Waals surface area contributed by atoms with Crippen LogP contribution in [0.25, 0.3) is 0 Å². The van der Waals surface area contributed by atoms with E-state index in [-0.39, 0.29) is 0 Å². The van der Waals surface area contributed by atoms with E-state index >= 15 is 0 Å². The fourth-order valence-electron chi connectivity index (χ4n) is 0.331. The van der Waals surface area contributed by atoms with Gasteiger partial charge in [-0.15, -0.1) is 0 Å². The quantitative estimate of drug-likeness (QED) is 0.395. The zero-order chi connectivity index (χ0) is 8.20. The van der Waals surface area contributed by atoms with Gasteiger partial charge in [0.25, 0.3) is 0 Å². The highest BCUT2D eigenvalue weighted by Gasteiger charge is 2.15. The van der Waals surface area contributed by atoms with E-state index in [0.717, 1.165) is 0 Å². The summed E-state index contributed by atoms with van der Waals surface area (Å²) in [4.78, 5) is 0.